The van der Waals surface area contributed by atoms with E-state index < -0.39 is 0 Å². The molecule has 16 heavy (non-hydrogen) atoms. The number of nitrogens with zero attached hydrogens (tertiary/aromatic N) is 2. The van der Waals surface area contributed by atoms with Crippen molar-refractivity contribution in [1.29, 1.82) is 0 Å². The molecule has 1 aliphatic rings. The van der Waals surface area contributed by atoms with Gasteiger partial charge in [0.15, 0.2) is 0 Å². The van der Waals surface area contributed by atoms with Gasteiger partial charge in [-0.2, -0.15) is 0 Å². The van der Waals surface area contributed by atoms with E-state index in [4.69, 9.17) is 0 Å². The predicted octanol–water partition coefficient (Wildman–Crippen LogP) is 2.56. The molecule has 0 saturated carbocycles. The fourth-order valence-corrected chi connectivity index (χ4v) is 2.02. The van der Waals surface area contributed by atoms with Gasteiger partial charge < -0.3 is 0 Å². The van der Waals surface area contributed by atoms with Gasteiger partial charge in [-0.3, -0.25) is 4.79 Å². The summed E-state index contributed by atoms with van der Waals surface area (Å²) < 4.78 is 0. The lowest BCUT2D eigenvalue weighted by Crippen LogP contribution is -2.13. The molecule has 0 spiro atoms. The van der Waals surface area contributed by atoms with E-state index in [1.54, 1.807) is 6.92 Å². The maximum Gasteiger partial charge on any atom is 0.133 e. The summed E-state index contributed by atoms with van der Waals surface area (Å²) in [7, 11) is 0. The monoisotopic (exact) mass is 216 g/mol. The number of allylic oxidation sites excluding steroid dienone is 2. The van der Waals surface area contributed by atoms with Crippen molar-refractivity contribution in [3.8, 4) is 0 Å². The lowest BCUT2D eigenvalue weighted by atomic mass is 9.85. The summed E-state index contributed by atoms with van der Waals surface area (Å²) in [5.41, 5.74) is 2.37. The quantitative estimate of drug-likeness (QED) is 0.763. The van der Waals surface area contributed by atoms with Crippen molar-refractivity contribution >= 4 is 11.4 Å². The maximum atomic E-state index is 11.2. The van der Waals surface area contributed by atoms with Crippen LogP contribution in [0.2, 0.25) is 0 Å². The van der Waals surface area contributed by atoms with Crippen LogP contribution in [0.5, 0.6) is 0 Å². The molecule has 0 aliphatic heterocycles. The van der Waals surface area contributed by atoms with Crippen LogP contribution in [0.3, 0.4) is 0 Å². The van der Waals surface area contributed by atoms with Gasteiger partial charge in [-0.15, -0.1) is 0 Å². The van der Waals surface area contributed by atoms with Crippen LogP contribution in [-0.4, -0.2) is 15.8 Å². The first-order valence-corrected chi connectivity index (χ1v) is 5.65. The molecule has 3 nitrogen and oxygen atoms in total. The lowest BCUT2D eigenvalue weighted by Gasteiger charge is -2.19. The number of hydrogen-bond donors (Lipinski definition) is 0. The first kappa shape index (κ1) is 11.0. The van der Waals surface area contributed by atoms with Gasteiger partial charge in [-0.05, 0) is 38.7 Å². The van der Waals surface area contributed by atoms with Crippen molar-refractivity contribution in [2.24, 2.45) is 5.92 Å². The molecule has 1 unspecified atom stereocenters. The van der Waals surface area contributed by atoms with E-state index in [1.807, 2.05) is 19.3 Å². The number of carbonyl (C=O) groups is 1. The fourth-order valence-electron chi connectivity index (χ4n) is 2.02. The Morgan fingerprint density at radius 2 is 2.06 bits per heavy atom. The second-order valence-electron chi connectivity index (χ2n) is 4.33. The number of rotatable bonds is 2. The SMILES string of the molecule is CC(=O)C1CC=C(c2cnc(C)nc2)CC1. The number of aromatic nitrogens is 2. The summed E-state index contributed by atoms with van der Waals surface area (Å²) in [6.45, 7) is 3.56. The highest BCUT2D eigenvalue weighted by Crippen LogP contribution is 2.29. The van der Waals surface area contributed by atoms with Crippen LogP contribution in [0.15, 0.2) is 18.5 Å². The molecule has 3 heteroatoms. The van der Waals surface area contributed by atoms with Crippen LogP contribution in [0.4, 0.5) is 0 Å². The summed E-state index contributed by atoms with van der Waals surface area (Å²) in [6, 6.07) is 0. The molecule has 0 bridgehead atoms. The van der Waals surface area contributed by atoms with E-state index in [0.717, 1.165) is 30.7 Å². The number of aryl methyl sites for hydroxylation is 1. The molecule has 0 N–H and O–H groups in total. The van der Waals surface area contributed by atoms with E-state index >= 15 is 0 Å². The number of carbonyl (C=O) groups excluding carboxylic acids is 1. The standard InChI is InChI=1S/C13H16N2O/c1-9(16)11-3-5-12(6-4-11)13-7-14-10(2)15-8-13/h5,7-8,11H,3-4,6H2,1-2H3. The van der Waals surface area contributed by atoms with Crippen LogP contribution >= 0.6 is 0 Å². The van der Waals surface area contributed by atoms with Crippen molar-refractivity contribution in [1.82, 2.24) is 9.97 Å². The van der Waals surface area contributed by atoms with Gasteiger partial charge in [-0.25, -0.2) is 9.97 Å². The molecule has 1 atom stereocenters. The van der Waals surface area contributed by atoms with Gasteiger partial charge in [0.05, 0.1) is 0 Å². The summed E-state index contributed by atoms with van der Waals surface area (Å²) in [5, 5.41) is 0. The average molecular weight is 216 g/mol. The minimum absolute atomic E-state index is 0.218. The van der Waals surface area contributed by atoms with Gasteiger partial charge >= 0.3 is 0 Å². The van der Waals surface area contributed by atoms with Crippen LogP contribution in [0, 0.1) is 12.8 Å². The molecule has 0 saturated heterocycles. The van der Waals surface area contributed by atoms with Crippen LogP contribution in [0.25, 0.3) is 5.57 Å². The minimum atomic E-state index is 0.218. The average Bonchev–Trinajstić information content (AvgIpc) is 2.30. The minimum Gasteiger partial charge on any atom is -0.300 e. The summed E-state index contributed by atoms with van der Waals surface area (Å²) in [5.74, 6) is 1.31. The van der Waals surface area contributed by atoms with Gasteiger partial charge in [-0.1, -0.05) is 6.08 Å². The van der Waals surface area contributed by atoms with Gasteiger partial charge in [0.1, 0.15) is 11.6 Å². The van der Waals surface area contributed by atoms with Gasteiger partial charge in [0.2, 0.25) is 0 Å². The predicted molar refractivity (Wildman–Crippen MR) is 62.8 cm³/mol. The lowest BCUT2D eigenvalue weighted by molar-refractivity contribution is -0.120. The largest absolute Gasteiger partial charge is 0.300 e. The van der Waals surface area contributed by atoms with Crippen molar-refractivity contribution in [2.45, 2.75) is 33.1 Å². The molecule has 84 valence electrons. The van der Waals surface area contributed by atoms with Gasteiger partial charge in [0, 0.05) is 23.9 Å². The smallest absolute Gasteiger partial charge is 0.133 e. The second-order valence-corrected chi connectivity index (χ2v) is 4.33. The Hall–Kier alpha value is -1.51. The highest BCUT2D eigenvalue weighted by atomic mass is 16.1. The van der Waals surface area contributed by atoms with Crippen LogP contribution in [-0.2, 0) is 4.79 Å². The van der Waals surface area contributed by atoms with E-state index in [9.17, 15) is 4.79 Å². The molecule has 0 radical (unpaired) electrons. The third-order valence-corrected chi connectivity index (χ3v) is 3.14. The first-order valence-electron chi connectivity index (χ1n) is 5.65. The normalized spacial score (nSPS) is 20.4. The van der Waals surface area contributed by atoms with Crippen molar-refractivity contribution in [3.05, 3.63) is 29.9 Å². The van der Waals surface area contributed by atoms with Gasteiger partial charge in [0.25, 0.3) is 0 Å². The van der Waals surface area contributed by atoms with E-state index in [-0.39, 0.29) is 5.92 Å². The molecule has 2 rings (SSSR count). The molecule has 1 aliphatic carbocycles. The molecular formula is C13H16N2O. The maximum absolute atomic E-state index is 11.2. The first-order chi connectivity index (χ1) is 7.66. The van der Waals surface area contributed by atoms with Crippen LogP contribution in [0.1, 0.15) is 37.6 Å². The molecule has 0 amide bonds. The van der Waals surface area contributed by atoms with E-state index in [1.165, 1.54) is 5.57 Å². The van der Waals surface area contributed by atoms with Crippen molar-refractivity contribution < 1.29 is 4.79 Å². The van der Waals surface area contributed by atoms with E-state index in [0.29, 0.717) is 5.78 Å². The number of Topliss-reactive ketones (excluding diaryl/α,β-unsaturated/α-hetero) is 1. The zero-order chi connectivity index (χ0) is 11.5. The van der Waals surface area contributed by atoms with Crippen molar-refractivity contribution in [2.75, 3.05) is 0 Å². The highest BCUT2D eigenvalue weighted by Gasteiger charge is 2.18. The Labute approximate surface area is 95.6 Å². The summed E-state index contributed by atoms with van der Waals surface area (Å²) in [6.07, 6.45) is 8.65. The Bertz CT molecular complexity index is 420. The Balaban J connectivity index is 2.13. The molecule has 1 aromatic rings. The molecule has 0 aromatic carbocycles. The number of hydrogen-bond acceptors (Lipinski definition) is 3. The fraction of sp³-hybridized carbons (Fsp3) is 0.462. The number of ketones is 1. The highest BCUT2D eigenvalue weighted by molar-refractivity contribution is 5.80. The Kier molecular flexibility index (Phi) is 3.13. The third kappa shape index (κ3) is 2.35. The molecule has 0 fully saturated rings. The van der Waals surface area contributed by atoms with Crippen LogP contribution < -0.4 is 0 Å². The summed E-state index contributed by atoms with van der Waals surface area (Å²) >= 11 is 0. The zero-order valence-corrected chi connectivity index (χ0v) is 9.73. The van der Waals surface area contributed by atoms with E-state index in [2.05, 4.69) is 16.0 Å². The molecule has 1 heterocycles. The summed E-state index contributed by atoms with van der Waals surface area (Å²) in [4.78, 5) is 19.6. The molecular weight excluding hydrogens is 200 g/mol. The van der Waals surface area contributed by atoms with Crippen molar-refractivity contribution in [3.63, 3.8) is 0 Å². The topological polar surface area (TPSA) is 42.9 Å². The Morgan fingerprint density at radius 1 is 1.38 bits per heavy atom. The zero-order valence-electron chi connectivity index (χ0n) is 9.73. The molecule has 1 aromatic heterocycles. The Morgan fingerprint density at radius 3 is 2.56 bits per heavy atom. The second kappa shape index (κ2) is 4.56. The third-order valence-electron chi connectivity index (χ3n) is 3.14.